The molecule has 0 N–H and O–H groups in total. The molecule has 0 unspecified atom stereocenters. The minimum Gasteiger partial charge on any atom is -0.295 e. The van der Waals surface area contributed by atoms with Crippen molar-refractivity contribution in [3.63, 3.8) is 0 Å². The molecule has 1 heterocycles. The van der Waals surface area contributed by atoms with Crippen molar-refractivity contribution in [3.8, 4) is 5.69 Å². The molecule has 0 atom stereocenters. The molecule has 26 heavy (non-hydrogen) atoms. The average Bonchev–Trinajstić information content (AvgIpc) is 3.03. The van der Waals surface area contributed by atoms with Crippen molar-refractivity contribution in [1.82, 2.24) is 9.78 Å². The lowest BCUT2D eigenvalue weighted by Gasteiger charge is -2.18. The van der Waals surface area contributed by atoms with Gasteiger partial charge < -0.3 is 0 Å². The largest absolute Gasteiger partial charge is 0.295 e. The number of nitro groups is 1. The normalized spacial score (nSPS) is 10.6. The molecule has 0 bridgehead atoms. The third-order valence-corrected chi connectivity index (χ3v) is 4.08. The summed E-state index contributed by atoms with van der Waals surface area (Å²) in [6, 6.07) is 15.0. The number of halogens is 1. The van der Waals surface area contributed by atoms with Crippen LogP contribution in [0, 0.1) is 17.0 Å². The first-order chi connectivity index (χ1) is 12.4. The maximum atomic E-state index is 12.9. The van der Waals surface area contributed by atoms with Gasteiger partial charge in [-0.15, -0.1) is 0 Å². The topological polar surface area (TPSA) is 81.3 Å². The number of anilines is 1. The first kappa shape index (κ1) is 17.6. The van der Waals surface area contributed by atoms with Gasteiger partial charge in [0.1, 0.15) is 11.4 Å². The Balaban J connectivity index is 2.05. The molecule has 0 spiro atoms. The fourth-order valence-corrected chi connectivity index (χ4v) is 2.77. The van der Waals surface area contributed by atoms with E-state index in [1.54, 1.807) is 17.8 Å². The minimum atomic E-state index is -0.618. The first-order valence-corrected chi connectivity index (χ1v) is 8.10. The molecule has 0 fully saturated rings. The van der Waals surface area contributed by atoms with E-state index in [1.165, 1.54) is 23.1 Å². The van der Waals surface area contributed by atoms with Gasteiger partial charge in [-0.25, -0.2) is 4.68 Å². The highest BCUT2D eigenvalue weighted by molar-refractivity contribution is 6.31. The fraction of sp³-hybridized carbons (Fsp3) is 0.111. The third-order valence-electron chi connectivity index (χ3n) is 3.85. The lowest BCUT2D eigenvalue weighted by atomic mass is 10.1. The summed E-state index contributed by atoms with van der Waals surface area (Å²) >= 11 is 5.83. The van der Waals surface area contributed by atoms with E-state index in [9.17, 15) is 14.9 Å². The summed E-state index contributed by atoms with van der Waals surface area (Å²) in [6.07, 6.45) is 0. The molecule has 0 saturated heterocycles. The second-order valence-electron chi connectivity index (χ2n) is 5.67. The number of nitro benzene ring substituents is 1. The second kappa shape index (κ2) is 6.97. The summed E-state index contributed by atoms with van der Waals surface area (Å²) in [5.41, 5.74) is 1.12. The van der Waals surface area contributed by atoms with Crippen molar-refractivity contribution in [2.75, 3.05) is 11.9 Å². The van der Waals surface area contributed by atoms with Gasteiger partial charge in [-0.2, -0.15) is 5.10 Å². The van der Waals surface area contributed by atoms with Gasteiger partial charge in [0.15, 0.2) is 0 Å². The van der Waals surface area contributed by atoms with E-state index in [-0.39, 0.29) is 16.3 Å². The predicted octanol–water partition coefficient (Wildman–Crippen LogP) is 4.02. The predicted molar refractivity (Wildman–Crippen MR) is 99.1 cm³/mol. The van der Waals surface area contributed by atoms with Crippen molar-refractivity contribution in [2.24, 2.45) is 0 Å². The molecule has 0 aliphatic heterocycles. The highest BCUT2D eigenvalue weighted by Crippen LogP contribution is 2.27. The molecule has 1 amide bonds. The van der Waals surface area contributed by atoms with Crippen molar-refractivity contribution >= 4 is 29.0 Å². The smallest absolute Gasteiger partial charge is 0.283 e. The summed E-state index contributed by atoms with van der Waals surface area (Å²) in [6.45, 7) is 1.81. The van der Waals surface area contributed by atoms with Gasteiger partial charge >= 0.3 is 0 Å². The highest BCUT2D eigenvalue weighted by atomic mass is 35.5. The van der Waals surface area contributed by atoms with Gasteiger partial charge in [-0.05, 0) is 31.2 Å². The maximum Gasteiger partial charge on any atom is 0.283 e. The molecule has 0 saturated carbocycles. The number of aryl methyl sites for hydroxylation is 1. The van der Waals surface area contributed by atoms with Gasteiger partial charge in [0, 0.05) is 24.2 Å². The Morgan fingerprint density at radius 3 is 2.54 bits per heavy atom. The van der Waals surface area contributed by atoms with Crippen LogP contribution < -0.4 is 4.90 Å². The van der Waals surface area contributed by atoms with Crippen molar-refractivity contribution < 1.29 is 9.72 Å². The van der Waals surface area contributed by atoms with E-state index >= 15 is 0 Å². The van der Waals surface area contributed by atoms with Gasteiger partial charge in [-0.3, -0.25) is 19.8 Å². The molecule has 3 rings (SSSR count). The molecule has 7 nitrogen and oxygen atoms in total. The molecule has 132 valence electrons. The van der Waals surface area contributed by atoms with E-state index in [0.717, 1.165) is 5.69 Å². The number of nitrogens with zero attached hydrogens (tertiary/aromatic N) is 4. The van der Waals surface area contributed by atoms with Crippen LogP contribution in [0.3, 0.4) is 0 Å². The SMILES string of the molecule is Cc1cc(N(C)C(=O)c2ccc(Cl)cc2[N+](=O)[O-])n(-c2ccccc2)n1. The highest BCUT2D eigenvalue weighted by Gasteiger charge is 2.26. The number of amides is 1. The van der Waals surface area contributed by atoms with Gasteiger partial charge in [0.2, 0.25) is 0 Å². The van der Waals surface area contributed by atoms with Crippen LogP contribution in [-0.2, 0) is 0 Å². The molecule has 0 radical (unpaired) electrons. The maximum absolute atomic E-state index is 12.9. The number of para-hydroxylation sites is 1. The standard InChI is InChI=1S/C18H15ClN4O3/c1-12-10-17(22(20-12)14-6-4-3-5-7-14)21(2)18(24)15-9-8-13(19)11-16(15)23(25)26/h3-11H,1-2H3. The van der Waals surface area contributed by atoms with Crippen LogP contribution in [0.25, 0.3) is 5.69 Å². The third kappa shape index (κ3) is 3.29. The summed E-state index contributed by atoms with van der Waals surface area (Å²) in [7, 11) is 1.55. The quantitative estimate of drug-likeness (QED) is 0.513. The zero-order valence-corrected chi connectivity index (χ0v) is 14.8. The number of aromatic nitrogens is 2. The Morgan fingerprint density at radius 2 is 1.88 bits per heavy atom. The number of hydrogen-bond acceptors (Lipinski definition) is 4. The Hall–Kier alpha value is -3.19. The zero-order chi connectivity index (χ0) is 18.8. The van der Waals surface area contributed by atoms with E-state index in [1.807, 2.05) is 37.3 Å². The van der Waals surface area contributed by atoms with Crippen LogP contribution in [-0.4, -0.2) is 27.7 Å². The summed E-state index contributed by atoms with van der Waals surface area (Å²) in [4.78, 5) is 24.9. The Bertz CT molecular complexity index is 985. The van der Waals surface area contributed by atoms with Gasteiger partial charge in [-0.1, -0.05) is 29.8 Å². The van der Waals surface area contributed by atoms with Crippen LogP contribution in [0.1, 0.15) is 16.1 Å². The molecule has 0 aliphatic rings. The number of carbonyl (C=O) groups excluding carboxylic acids is 1. The Labute approximate surface area is 154 Å². The van der Waals surface area contributed by atoms with Crippen molar-refractivity contribution in [3.05, 3.63) is 81.0 Å². The summed E-state index contributed by atoms with van der Waals surface area (Å²) in [5.74, 6) is -0.0200. The molecule has 8 heteroatoms. The lowest BCUT2D eigenvalue weighted by molar-refractivity contribution is -0.385. The number of carbonyl (C=O) groups is 1. The number of benzene rings is 2. The van der Waals surface area contributed by atoms with E-state index in [4.69, 9.17) is 11.6 Å². The summed E-state index contributed by atoms with van der Waals surface area (Å²) in [5, 5.41) is 15.9. The minimum absolute atomic E-state index is 0.0413. The van der Waals surface area contributed by atoms with Gasteiger partial charge in [0.25, 0.3) is 11.6 Å². The Morgan fingerprint density at radius 1 is 1.19 bits per heavy atom. The zero-order valence-electron chi connectivity index (χ0n) is 14.1. The van der Waals surface area contributed by atoms with Crippen LogP contribution in [0.2, 0.25) is 5.02 Å². The van der Waals surface area contributed by atoms with Crippen molar-refractivity contribution in [2.45, 2.75) is 6.92 Å². The average molecular weight is 371 g/mol. The van der Waals surface area contributed by atoms with E-state index < -0.39 is 10.8 Å². The van der Waals surface area contributed by atoms with Crippen molar-refractivity contribution in [1.29, 1.82) is 0 Å². The monoisotopic (exact) mass is 370 g/mol. The lowest BCUT2D eigenvalue weighted by Crippen LogP contribution is -2.29. The second-order valence-corrected chi connectivity index (χ2v) is 6.11. The van der Waals surface area contributed by atoms with Crippen LogP contribution >= 0.6 is 11.6 Å². The molecule has 2 aromatic carbocycles. The van der Waals surface area contributed by atoms with Crippen LogP contribution in [0.5, 0.6) is 0 Å². The molecule has 1 aromatic heterocycles. The molecule has 3 aromatic rings. The van der Waals surface area contributed by atoms with E-state index in [2.05, 4.69) is 5.10 Å². The van der Waals surface area contributed by atoms with Gasteiger partial charge in [0.05, 0.1) is 16.3 Å². The number of rotatable bonds is 4. The molecule has 0 aliphatic carbocycles. The fourth-order valence-electron chi connectivity index (χ4n) is 2.61. The summed E-state index contributed by atoms with van der Waals surface area (Å²) < 4.78 is 1.62. The molecular formula is C18H15ClN4O3. The van der Waals surface area contributed by atoms with Crippen LogP contribution in [0.15, 0.2) is 54.6 Å². The van der Waals surface area contributed by atoms with E-state index in [0.29, 0.717) is 11.5 Å². The first-order valence-electron chi connectivity index (χ1n) is 7.72. The number of hydrogen-bond donors (Lipinski definition) is 0. The Kier molecular flexibility index (Phi) is 4.73. The molecular weight excluding hydrogens is 356 g/mol. The van der Waals surface area contributed by atoms with Crippen LogP contribution in [0.4, 0.5) is 11.5 Å².